The summed E-state index contributed by atoms with van der Waals surface area (Å²) in [4.78, 5) is 0. The average Bonchev–Trinajstić information content (AvgIpc) is 1.66. The fraction of sp³-hybridized carbons (Fsp3) is 1.00. The van der Waals surface area contributed by atoms with Crippen LogP contribution in [0.1, 0.15) is 26.7 Å². The van der Waals surface area contributed by atoms with Gasteiger partial charge in [0.2, 0.25) is 0 Å². The van der Waals surface area contributed by atoms with E-state index in [0.717, 1.165) is 14.5 Å². The van der Waals surface area contributed by atoms with E-state index in [0.29, 0.717) is 0 Å². The zero-order valence-corrected chi connectivity index (χ0v) is 9.97. The smallest absolute Gasteiger partial charge is 0.0546 e. The lowest BCUT2D eigenvalue weighted by Gasteiger charge is -1.98. The highest BCUT2D eigenvalue weighted by Crippen LogP contribution is 2.10. The van der Waals surface area contributed by atoms with Crippen molar-refractivity contribution >= 4 is 8.58 Å². The van der Waals surface area contributed by atoms with Crippen LogP contribution in [0.25, 0.3) is 0 Å². The van der Waals surface area contributed by atoms with Crippen molar-refractivity contribution in [3.63, 3.8) is 0 Å². The van der Waals surface area contributed by atoms with Crippen molar-refractivity contribution in [2.24, 2.45) is 5.92 Å². The standard InChI is InChI=1S/C7H17P.HI/c1-7(2)5-4-6-8-3;/h7-8H,4-6H2,1-3H3;1H. The molecule has 0 spiro atoms. The molecule has 0 nitrogen and oxygen atoms in total. The van der Waals surface area contributed by atoms with Gasteiger partial charge in [0.1, 0.15) is 0 Å². The van der Waals surface area contributed by atoms with Crippen molar-refractivity contribution in [1.29, 1.82) is 0 Å². The third-order valence-corrected chi connectivity index (χ3v) is 2.26. The normalized spacial score (nSPS) is 10.7. The molecule has 0 aliphatic rings. The molecule has 1 atom stereocenters. The van der Waals surface area contributed by atoms with Gasteiger partial charge in [-0.05, 0) is 27.3 Å². The molecule has 0 heterocycles. The van der Waals surface area contributed by atoms with Gasteiger partial charge in [-0.25, -0.2) is 0 Å². The van der Waals surface area contributed by atoms with E-state index in [-0.39, 0.29) is 24.0 Å². The molecule has 0 aliphatic heterocycles. The first-order valence-electron chi connectivity index (χ1n) is 3.55. The van der Waals surface area contributed by atoms with Gasteiger partial charge in [-0.1, -0.05) is 13.8 Å². The van der Waals surface area contributed by atoms with Gasteiger partial charge in [0, 0.05) is 6.66 Å². The van der Waals surface area contributed by atoms with E-state index in [1.165, 1.54) is 19.0 Å². The second-order valence-electron chi connectivity index (χ2n) is 2.73. The Balaban J connectivity index is 0. The molecule has 0 saturated heterocycles. The maximum Gasteiger partial charge on any atom is 0.0546 e. The third kappa shape index (κ3) is 12.4. The summed E-state index contributed by atoms with van der Waals surface area (Å²) in [6, 6.07) is 0. The molecule has 0 bridgehead atoms. The molecule has 0 aromatic carbocycles. The van der Waals surface area contributed by atoms with Crippen LogP contribution in [0.15, 0.2) is 0 Å². The van der Waals surface area contributed by atoms with E-state index in [9.17, 15) is 0 Å². The maximum atomic E-state index is 2.33. The molecule has 2 heteroatoms. The Morgan fingerprint density at radius 2 is 1.89 bits per heavy atom. The SMILES string of the molecule is C[PH2+]CCCC(C)C.[I-]. The maximum absolute atomic E-state index is 2.33. The van der Waals surface area contributed by atoms with Crippen LogP contribution in [-0.4, -0.2) is 12.8 Å². The van der Waals surface area contributed by atoms with E-state index in [4.69, 9.17) is 0 Å². The summed E-state index contributed by atoms with van der Waals surface area (Å²) in [7, 11) is 0.764. The third-order valence-electron chi connectivity index (χ3n) is 1.27. The van der Waals surface area contributed by atoms with Crippen LogP contribution in [0.5, 0.6) is 0 Å². The molecule has 9 heavy (non-hydrogen) atoms. The molecule has 0 aliphatic carbocycles. The molecule has 0 fully saturated rings. The Morgan fingerprint density at radius 1 is 1.33 bits per heavy atom. The summed E-state index contributed by atoms with van der Waals surface area (Å²) < 4.78 is 0. The van der Waals surface area contributed by atoms with Gasteiger partial charge in [0.15, 0.2) is 0 Å². The fourth-order valence-electron chi connectivity index (χ4n) is 0.730. The molecule has 0 aromatic heterocycles. The molecule has 0 amide bonds. The molecule has 0 rings (SSSR count). The highest BCUT2D eigenvalue weighted by molar-refractivity contribution is 7.36. The number of hydrogen-bond donors (Lipinski definition) is 0. The Kier molecular flexibility index (Phi) is 13.0. The first-order chi connectivity index (χ1) is 3.77. The Morgan fingerprint density at radius 3 is 2.22 bits per heavy atom. The monoisotopic (exact) mass is 260 g/mol. The van der Waals surface area contributed by atoms with Crippen LogP contribution in [0.2, 0.25) is 0 Å². The highest BCUT2D eigenvalue weighted by atomic mass is 127. The second kappa shape index (κ2) is 9.16. The summed E-state index contributed by atoms with van der Waals surface area (Å²) >= 11 is 0. The molecule has 0 radical (unpaired) electrons. The summed E-state index contributed by atoms with van der Waals surface area (Å²) in [5.74, 6) is 0.918. The van der Waals surface area contributed by atoms with E-state index in [2.05, 4.69) is 20.5 Å². The van der Waals surface area contributed by atoms with Crippen LogP contribution in [0, 0.1) is 5.92 Å². The number of halogens is 1. The van der Waals surface area contributed by atoms with Gasteiger partial charge in [0.05, 0.1) is 6.16 Å². The van der Waals surface area contributed by atoms with Crippen LogP contribution >= 0.6 is 8.58 Å². The van der Waals surface area contributed by atoms with Crippen molar-refractivity contribution in [3.05, 3.63) is 0 Å². The predicted molar refractivity (Wildman–Crippen MR) is 44.6 cm³/mol. The zero-order chi connectivity index (χ0) is 6.41. The van der Waals surface area contributed by atoms with Crippen LogP contribution in [0.3, 0.4) is 0 Å². The van der Waals surface area contributed by atoms with Crippen molar-refractivity contribution in [3.8, 4) is 0 Å². The minimum Gasteiger partial charge on any atom is -1.00 e. The molecule has 0 N–H and O–H groups in total. The Bertz CT molecular complexity index is 46.2. The summed E-state index contributed by atoms with van der Waals surface area (Å²) in [6.45, 7) is 6.93. The van der Waals surface area contributed by atoms with Crippen LogP contribution < -0.4 is 24.0 Å². The number of hydrogen-bond acceptors (Lipinski definition) is 0. The first-order valence-corrected chi connectivity index (χ1v) is 5.52. The molecule has 58 valence electrons. The Hall–Kier alpha value is 1.16. The van der Waals surface area contributed by atoms with Crippen molar-refractivity contribution in [2.75, 3.05) is 12.8 Å². The number of rotatable bonds is 4. The largest absolute Gasteiger partial charge is 1.00 e. The summed E-state index contributed by atoms with van der Waals surface area (Å²) in [5.41, 5.74) is 0. The van der Waals surface area contributed by atoms with Gasteiger partial charge >= 0.3 is 0 Å². The van der Waals surface area contributed by atoms with Gasteiger partial charge in [-0.3, -0.25) is 0 Å². The van der Waals surface area contributed by atoms with Gasteiger partial charge in [0.25, 0.3) is 0 Å². The van der Waals surface area contributed by atoms with Gasteiger partial charge < -0.3 is 24.0 Å². The van der Waals surface area contributed by atoms with E-state index in [1.54, 1.807) is 0 Å². The highest BCUT2D eigenvalue weighted by Gasteiger charge is 1.93. The topological polar surface area (TPSA) is 0 Å². The first kappa shape index (κ1) is 12.8. The summed E-state index contributed by atoms with van der Waals surface area (Å²) in [6.07, 6.45) is 4.39. The van der Waals surface area contributed by atoms with Crippen molar-refractivity contribution in [1.82, 2.24) is 0 Å². The minimum absolute atomic E-state index is 0. The van der Waals surface area contributed by atoms with E-state index < -0.39 is 0 Å². The Labute approximate surface area is 78.0 Å². The van der Waals surface area contributed by atoms with Crippen LogP contribution in [-0.2, 0) is 0 Å². The molecule has 0 aromatic rings. The van der Waals surface area contributed by atoms with Crippen molar-refractivity contribution < 1.29 is 24.0 Å². The predicted octanol–water partition coefficient (Wildman–Crippen LogP) is -0.533. The fourth-order valence-corrected chi connectivity index (χ4v) is 1.37. The van der Waals surface area contributed by atoms with E-state index >= 15 is 0 Å². The lowest BCUT2D eigenvalue weighted by molar-refractivity contribution is -0.00000199. The van der Waals surface area contributed by atoms with Crippen molar-refractivity contribution in [2.45, 2.75) is 26.7 Å². The zero-order valence-electron chi connectivity index (χ0n) is 6.65. The molecular formula is C7H18IP. The molecule has 1 unspecified atom stereocenters. The van der Waals surface area contributed by atoms with Gasteiger partial charge in [-0.15, -0.1) is 0 Å². The summed E-state index contributed by atoms with van der Waals surface area (Å²) in [5, 5.41) is 0. The quantitative estimate of drug-likeness (QED) is 0.362. The average molecular weight is 260 g/mol. The molecule has 0 saturated carbocycles. The lowest BCUT2D eigenvalue weighted by Crippen LogP contribution is -3.00. The van der Waals surface area contributed by atoms with Crippen LogP contribution in [0.4, 0.5) is 0 Å². The second-order valence-corrected chi connectivity index (χ2v) is 4.13. The lowest BCUT2D eigenvalue weighted by atomic mass is 10.1. The minimum atomic E-state index is 0. The van der Waals surface area contributed by atoms with Gasteiger partial charge in [-0.2, -0.15) is 0 Å². The van der Waals surface area contributed by atoms with E-state index in [1.807, 2.05) is 0 Å². The molecular weight excluding hydrogens is 242 g/mol.